The van der Waals surface area contributed by atoms with Crippen molar-refractivity contribution >= 4 is 11.3 Å². The number of fused-ring (bicyclic) bond motifs is 3. The second-order valence-electron chi connectivity index (χ2n) is 6.82. The van der Waals surface area contributed by atoms with E-state index in [1.54, 1.807) is 23.6 Å². The van der Waals surface area contributed by atoms with Crippen molar-refractivity contribution < 1.29 is 4.39 Å². The summed E-state index contributed by atoms with van der Waals surface area (Å²) in [6, 6.07) is 7.67. The highest BCUT2D eigenvalue weighted by Crippen LogP contribution is 2.37. The SMILES string of the molecule is Fc1ccc(-c2ccc(-c3cn([C@H]4CN5CCC4CC5)nn3)s2)cn1. The fourth-order valence-electron chi connectivity index (χ4n) is 3.94. The Morgan fingerprint density at radius 3 is 2.64 bits per heavy atom. The molecule has 0 unspecified atom stereocenters. The molecule has 0 spiro atoms. The number of pyridine rings is 1. The number of rotatable bonds is 3. The first kappa shape index (κ1) is 15.2. The maximum Gasteiger partial charge on any atom is 0.212 e. The molecule has 7 heteroatoms. The number of nitrogens with zero attached hydrogens (tertiary/aromatic N) is 5. The zero-order valence-electron chi connectivity index (χ0n) is 13.7. The number of hydrogen-bond acceptors (Lipinski definition) is 5. The van der Waals surface area contributed by atoms with Crippen LogP contribution in [0.4, 0.5) is 4.39 Å². The van der Waals surface area contributed by atoms with E-state index in [9.17, 15) is 4.39 Å². The Labute approximate surface area is 149 Å². The van der Waals surface area contributed by atoms with Crippen LogP contribution >= 0.6 is 11.3 Å². The lowest BCUT2D eigenvalue weighted by Gasteiger charge is -2.44. The van der Waals surface area contributed by atoms with Crippen molar-refractivity contribution in [3.8, 4) is 21.0 Å². The molecule has 0 N–H and O–H groups in total. The molecule has 0 saturated carbocycles. The monoisotopic (exact) mass is 355 g/mol. The van der Waals surface area contributed by atoms with Crippen molar-refractivity contribution in [1.82, 2.24) is 24.9 Å². The van der Waals surface area contributed by atoms with Gasteiger partial charge in [-0.25, -0.2) is 9.67 Å². The topological polar surface area (TPSA) is 46.8 Å². The summed E-state index contributed by atoms with van der Waals surface area (Å²) in [4.78, 5) is 8.38. The second-order valence-corrected chi connectivity index (χ2v) is 7.91. The van der Waals surface area contributed by atoms with E-state index < -0.39 is 5.95 Å². The molecule has 1 atom stereocenters. The number of hydrogen-bond donors (Lipinski definition) is 0. The predicted molar refractivity (Wildman–Crippen MR) is 94.7 cm³/mol. The molecule has 0 amide bonds. The van der Waals surface area contributed by atoms with Crippen molar-refractivity contribution in [2.75, 3.05) is 19.6 Å². The van der Waals surface area contributed by atoms with Crippen LogP contribution in [0.1, 0.15) is 18.9 Å². The van der Waals surface area contributed by atoms with Gasteiger partial charge in [-0.05, 0) is 56.1 Å². The summed E-state index contributed by atoms with van der Waals surface area (Å²) in [5.74, 6) is 0.268. The molecule has 3 aliphatic rings. The van der Waals surface area contributed by atoms with Crippen molar-refractivity contribution in [1.29, 1.82) is 0 Å². The van der Waals surface area contributed by atoms with Gasteiger partial charge in [-0.1, -0.05) is 5.21 Å². The molecule has 3 saturated heterocycles. The molecule has 128 valence electrons. The Hall–Kier alpha value is -2.12. The van der Waals surface area contributed by atoms with Crippen LogP contribution in [0.5, 0.6) is 0 Å². The lowest BCUT2D eigenvalue weighted by molar-refractivity contribution is 0.0504. The summed E-state index contributed by atoms with van der Waals surface area (Å²) >= 11 is 1.63. The highest BCUT2D eigenvalue weighted by atomic mass is 32.1. The smallest absolute Gasteiger partial charge is 0.212 e. The largest absolute Gasteiger partial charge is 0.301 e. The van der Waals surface area contributed by atoms with Crippen molar-refractivity contribution in [3.05, 3.63) is 42.6 Å². The minimum Gasteiger partial charge on any atom is -0.301 e. The Kier molecular flexibility index (Phi) is 3.64. The standard InChI is InChI=1S/C18H18FN5S/c19-18-4-1-13(9-20-18)16-2-3-17(25-16)14-10-24(22-21-14)15-11-23-7-5-12(15)6-8-23/h1-4,9-10,12,15H,5-8,11H2/t15-/m0/s1. The van der Waals surface area contributed by atoms with Gasteiger partial charge in [0.25, 0.3) is 0 Å². The molecule has 6 rings (SSSR count). The van der Waals surface area contributed by atoms with Gasteiger partial charge < -0.3 is 4.90 Å². The molecule has 25 heavy (non-hydrogen) atoms. The second kappa shape index (κ2) is 6.00. The summed E-state index contributed by atoms with van der Waals surface area (Å²) in [6.45, 7) is 3.54. The third kappa shape index (κ3) is 2.77. The van der Waals surface area contributed by atoms with E-state index in [-0.39, 0.29) is 0 Å². The molecule has 0 aromatic carbocycles. The molecule has 0 aliphatic carbocycles. The van der Waals surface area contributed by atoms with Gasteiger partial charge in [0.1, 0.15) is 5.69 Å². The van der Waals surface area contributed by atoms with Crippen molar-refractivity contribution in [2.45, 2.75) is 18.9 Å². The van der Waals surface area contributed by atoms with E-state index in [0.29, 0.717) is 6.04 Å². The first-order valence-corrected chi connectivity index (χ1v) is 9.44. The molecule has 5 nitrogen and oxygen atoms in total. The Balaban J connectivity index is 1.40. The summed E-state index contributed by atoms with van der Waals surface area (Å²) in [6.07, 6.45) is 6.17. The predicted octanol–water partition coefficient (Wildman–Crippen LogP) is 3.47. The van der Waals surface area contributed by atoms with E-state index >= 15 is 0 Å². The lowest BCUT2D eigenvalue weighted by atomic mass is 9.84. The van der Waals surface area contributed by atoms with Gasteiger partial charge in [-0.15, -0.1) is 16.4 Å². The summed E-state index contributed by atoms with van der Waals surface area (Å²) < 4.78 is 15.0. The average molecular weight is 355 g/mol. The van der Waals surface area contributed by atoms with E-state index in [1.807, 2.05) is 12.1 Å². The van der Waals surface area contributed by atoms with E-state index in [1.165, 1.54) is 32.0 Å². The van der Waals surface area contributed by atoms with Crippen LogP contribution in [0.15, 0.2) is 36.7 Å². The van der Waals surface area contributed by atoms with E-state index in [4.69, 9.17) is 0 Å². The van der Waals surface area contributed by atoms with E-state index in [2.05, 4.69) is 31.1 Å². The van der Waals surface area contributed by atoms with Gasteiger partial charge in [0.05, 0.1) is 17.1 Å². The normalized spacial score (nSPS) is 25.4. The van der Waals surface area contributed by atoms with Crippen LogP contribution in [-0.2, 0) is 0 Å². The molecule has 3 aliphatic heterocycles. The Morgan fingerprint density at radius 2 is 1.92 bits per heavy atom. The van der Waals surface area contributed by atoms with Crippen LogP contribution in [0, 0.1) is 11.9 Å². The zero-order valence-corrected chi connectivity index (χ0v) is 14.5. The molecule has 2 bridgehead atoms. The van der Waals surface area contributed by atoms with Crippen LogP contribution in [0.25, 0.3) is 21.0 Å². The number of halogens is 1. The molecule has 0 radical (unpaired) electrons. The first-order chi connectivity index (χ1) is 12.3. The maximum atomic E-state index is 13.0. The number of piperidine rings is 3. The summed E-state index contributed by atoms with van der Waals surface area (Å²) in [5, 5.41) is 8.81. The molecule has 3 aromatic rings. The quantitative estimate of drug-likeness (QED) is 0.675. The summed E-state index contributed by atoms with van der Waals surface area (Å²) in [5.41, 5.74) is 1.82. The molecule has 3 aromatic heterocycles. The van der Waals surface area contributed by atoms with Crippen LogP contribution in [-0.4, -0.2) is 44.5 Å². The fourth-order valence-corrected chi connectivity index (χ4v) is 4.88. The maximum absolute atomic E-state index is 13.0. The Bertz CT molecular complexity index is 879. The van der Waals surface area contributed by atoms with Crippen molar-refractivity contribution in [3.63, 3.8) is 0 Å². The van der Waals surface area contributed by atoms with Gasteiger partial charge in [-0.3, -0.25) is 0 Å². The Morgan fingerprint density at radius 1 is 1.08 bits per heavy atom. The van der Waals surface area contributed by atoms with Crippen LogP contribution in [0.3, 0.4) is 0 Å². The first-order valence-electron chi connectivity index (χ1n) is 8.62. The van der Waals surface area contributed by atoms with Gasteiger partial charge in [0.15, 0.2) is 0 Å². The van der Waals surface area contributed by atoms with Gasteiger partial charge in [-0.2, -0.15) is 4.39 Å². The minimum atomic E-state index is -0.457. The van der Waals surface area contributed by atoms with Crippen LogP contribution < -0.4 is 0 Å². The molecule has 3 fully saturated rings. The molecular weight excluding hydrogens is 337 g/mol. The minimum absolute atomic E-state index is 0.449. The van der Waals surface area contributed by atoms with Gasteiger partial charge >= 0.3 is 0 Å². The van der Waals surface area contributed by atoms with Crippen molar-refractivity contribution in [2.24, 2.45) is 5.92 Å². The fraction of sp³-hybridized carbons (Fsp3) is 0.389. The third-order valence-electron chi connectivity index (χ3n) is 5.34. The average Bonchev–Trinajstić information content (AvgIpc) is 3.33. The molecule has 6 heterocycles. The van der Waals surface area contributed by atoms with E-state index in [0.717, 1.165) is 33.5 Å². The molecular formula is C18H18FN5S. The number of aromatic nitrogens is 4. The summed E-state index contributed by atoms with van der Waals surface area (Å²) in [7, 11) is 0. The van der Waals surface area contributed by atoms with Gasteiger partial charge in [0, 0.05) is 23.2 Å². The van der Waals surface area contributed by atoms with Gasteiger partial charge in [0.2, 0.25) is 5.95 Å². The highest BCUT2D eigenvalue weighted by Gasteiger charge is 2.35. The zero-order chi connectivity index (χ0) is 16.8. The number of thiophene rings is 1. The third-order valence-corrected chi connectivity index (χ3v) is 6.50. The highest BCUT2D eigenvalue weighted by molar-refractivity contribution is 7.18. The lowest BCUT2D eigenvalue weighted by Crippen LogP contribution is -2.48. The van der Waals surface area contributed by atoms with Crippen LogP contribution in [0.2, 0.25) is 0 Å².